The van der Waals surface area contributed by atoms with Gasteiger partial charge in [-0.3, -0.25) is 0 Å². The molecule has 0 saturated heterocycles. The minimum atomic E-state index is 0.700. The van der Waals surface area contributed by atoms with Crippen molar-refractivity contribution in [3.8, 4) is 5.88 Å². The average Bonchev–Trinajstić information content (AvgIpc) is 2.46. The number of benzene rings is 1. The number of ether oxygens (including phenoxy) is 1. The molecular formula is C9H8NO. The Kier molecular flexibility index (Phi) is 1.32. The summed E-state index contributed by atoms with van der Waals surface area (Å²) in [5.41, 5.74) is 1.08. The molecule has 2 nitrogen and oxygen atoms in total. The predicted octanol–water partition coefficient (Wildman–Crippen LogP) is 2.34. The van der Waals surface area contributed by atoms with Crippen LogP contribution in [0.3, 0.4) is 0 Å². The van der Waals surface area contributed by atoms with Crippen LogP contribution in [-0.2, 0) is 0 Å². The van der Waals surface area contributed by atoms with Crippen LogP contribution in [0.2, 0.25) is 0 Å². The van der Waals surface area contributed by atoms with Gasteiger partial charge in [0.15, 0.2) is 5.88 Å². The first-order valence-electron chi connectivity index (χ1n) is 3.40. The minimum Gasteiger partial charge on any atom is -0.475 e. The molecule has 11 heavy (non-hydrogen) atoms. The number of hydrogen-bond donors (Lipinski definition) is 1. The SMILES string of the molecule is [CH2]Oc1cc2ccccc2[nH]1. The fourth-order valence-electron chi connectivity index (χ4n) is 1.12. The molecular weight excluding hydrogens is 138 g/mol. The monoisotopic (exact) mass is 146 g/mol. The van der Waals surface area contributed by atoms with E-state index in [0.717, 1.165) is 10.9 Å². The van der Waals surface area contributed by atoms with Gasteiger partial charge >= 0.3 is 0 Å². The van der Waals surface area contributed by atoms with Crippen LogP contribution in [0, 0.1) is 7.11 Å². The van der Waals surface area contributed by atoms with Crippen molar-refractivity contribution in [1.29, 1.82) is 0 Å². The Morgan fingerprint density at radius 3 is 2.82 bits per heavy atom. The van der Waals surface area contributed by atoms with Crippen molar-refractivity contribution in [3.63, 3.8) is 0 Å². The van der Waals surface area contributed by atoms with Crippen LogP contribution < -0.4 is 4.74 Å². The number of fused-ring (bicyclic) bond motifs is 1. The molecule has 0 aliphatic carbocycles. The van der Waals surface area contributed by atoms with E-state index in [0.29, 0.717) is 5.88 Å². The molecule has 0 spiro atoms. The van der Waals surface area contributed by atoms with E-state index in [2.05, 4.69) is 12.1 Å². The fraction of sp³-hybridized carbons (Fsp3) is 0. The van der Waals surface area contributed by atoms with Gasteiger partial charge < -0.3 is 9.72 Å². The fourth-order valence-corrected chi connectivity index (χ4v) is 1.12. The van der Waals surface area contributed by atoms with Crippen molar-refractivity contribution >= 4 is 10.9 Å². The van der Waals surface area contributed by atoms with Gasteiger partial charge in [-0.05, 0) is 6.07 Å². The second-order valence-corrected chi connectivity index (χ2v) is 2.37. The highest BCUT2D eigenvalue weighted by Crippen LogP contribution is 2.19. The summed E-state index contributed by atoms with van der Waals surface area (Å²) >= 11 is 0. The van der Waals surface area contributed by atoms with Gasteiger partial charge in [-0.25, -0.2) is 0 Å². The summed E-state index contributed by atoms with van der Waals surface area (Å²) in [7, 11) is 3.32. The van der Waals surface area contributed by atoms with Gasteiger partial charge in [0.2, 0.25) is 0 Å². The maximum absolute atomic E-state index is 4.79. The molecule has 1 radical (unpaired) electrons. The molecule has 0 unspecified atom stereocenters. The van der Waals surface area contributed by atoms with Crippen LogP contribution >= 0.6 is 0 Å². The van der Waals surface area contributed by atoms with Gasteiger partial charge in [-0.15, -0.1) is 0 Å². The summed E-state index contributed by atoms with van der Waals surface area (Å²) in [6.07, 6.45) is 0. The van der Waals surface area contributed by atoms with Gasteiger partial charge in [0.25, 0.3) is 0 Å². The molecule has 0 aliphatic heterocycles. The van der Waals surface area contributed by atoms with E-state index in [9.17, 15) is 0 Å². The lowest BCUT2D eigenvalue weighted by atomic mass is 10.3. The van der Waals surface area contributed by atoms with Gasteiger partial charge in [0.05, 0.1) is 0 Å². The lowest BCUT2D eigenvalue weighted by Crippen LogP contribution is -1.75. The average molecular weight is 146 g/mol. The zero-order valence-electron chi connectivity index (χ0n) is 6.00. The molecule has 2 aromatic rings. The Morgan fingerprint density at radius 2 is 2.09 bits per heavy atom. The van der Waals surface area contributed by atoms with Crippen molar-refractivity contribution in [3.05, 3.63) is 37.4 Å². The third-order valence-corrected chi connectivity index (χ3v) is 1.66. The maximum Gasteiger partial charge on any atom is 0.191 e. The van der Waals surface area contributed by atoms with E-state index < -0.39 is 0 Å². The van der Waals surface area contributed by atoms with Crippen LogP contribution in [0.1, 0.15) is 0 Å². The summed E-state index contributed by atoms with van der Waals surface area (Å²) in [5.74, 6) is 0.700. The molecule has 2 rings (SSSR count). The van der Waals surface area contributed by atoms with Crippen molar-refractivity contribution in [1.82, 2.24) is 4.98 Å². The van der Waals surface area contributed by atoms with Gasteiger partial charge in [-0.1, -0.05) is 18.2 Å². The minimum absolute atomic E-state index is 0.700. The van der Waals surface area contributed by atoms with E-state index in [-0.39, 0.29) is 0 Å². The molecule has 0 saturated carbocycles. The molecule has 0 atom stereocenters. The highest BCUT2D eigenvalue weighted by molar-refractivity contribution is 5.81. The number of H-pyrrole nitrogens is 1. The lowest BCUT2D eigenvalue weighted by Gasteiger charge is -1.88. The quantitative estimate of drug-likeness (QED) is 0.656. The molecule has 1 aromatic carbocycles. The third kappa shape index (κ3) is 0.963. The van der Waals surface area contributed by atoms with Crippen LogP contribution in [-0.4, -0.2) is 4.98 Å². The molecule has 0 aliphatic rings. The topological polar surface area (TPSA) is 25.0 Å². The summed E-state index contributed by atoms with van der Waals surface area (Å²) in [4.78, 5) is 3.06. The number of aromatic nitrogens is 1. The summed E-state index contributed by atoms with van der Waals surface area (Å²) in [6.45, 7) is 0. The highest BCUT2D eigenvalue weighted by atomic mass is 16.5. The number of nitrogens with one attached hydrogen (secondary N) is 1. The lowest BCUT2D eigenvalue weighted by molar-refractivity contribution is 0.458. The summed E-state index contributed by atoms with van der Waals surface area (Å²) < 4.78 is 4.79. The zero-order chi connectivity index (χ0) is 7.68. The zero-order valence-corrected chi connectivity index (χ0v) is 6.00. The van der Waals surface area contributed by atoms with Gasteiger partial charge in [0.1, 0.15) is 7.11 Å². The molecule has 0 bridgehead atoms. The Bertz CT molecular complexity index is 331. The maximum atomic E-state index is 4.79. The van der Waals surface area contributed by atoms with E-state index in [1.54, 1.807) is 0 Å². The molecule has 0 fully saturated rings. The highest BCUT2D eigenvalue weighted by Gasteiger charge is 1.96. The first-order chi connectivity index (χ1) is 5.40. The smallest absolute Gasteiger partial charge is 0.191 e. The molecule has 1 N–H and O–H groups in total. The normalized spacial score (nSPS) is 10.3. The van der Waals surface area contributed by atoms with Crippen molar-refractivity contribution < 1.29 is 4.74 Å². The number of para-hydroxylation sites is 1. The Balaban J connectivity index is 2.69. The van der Waals surface area contributed by atoms with E-state index >= 15 is 0 Å². The number of rotatable bonds is 1. The molecule has 55 valence electrons. The molecule has 0 amide bonds. The molecule has 1 aromatic heterocycles. The van der Waals surface area contributed by atoms with Gasteiger partial charge in [0, 0.05) is 17.0 Å². The van der Waals surface area contributed by atoms with Crippen LogP contribution in [0.15, 0.2) is 30.3 Å². The summed E-state index contributed by atoms with van der Waals surface area (Å²) in [6, 6.07) is 9.91. The van der Waals surface area contributed by atoms with E-state index in [1.807, 2.05) is 30.3 Å². The summed E-state index contributed by atoms with van der Waals surface area (Å²) in [5, 5.41) is 1.14. The van der Waals surface area contributed by atoms with Crippen LogP contribution in [0.5, 0.6) is 5.88 Å². The van der Waals surface area contributed by atoms with Crippen molar-refractivity contribution in [2.45, 2.75) is 0 Å². The van der Waals surface area contributed by atoms with Crippen LogP contribution in [0.25, 0.3) is 10.9 Å². The Hall–Kier alpha value is -1.44. The Morgan fingerprint density at radius 1 is 1.27 bits per heavy atom. The first kappa shape index (κ1) is 6.28. The molecule has 1 heterocycles. The first-order valence-corrected chi connectivity index (χ1v) is 3.40. The second kappa shape index (κ2) is 2.31. The number of hydrogen-bond acceptors (Lipinski definition) is 1. The standard InChI is InChI=1S/C9H8NO/c1-11-9-6-7-4-2-3-5-8(7)10-9/h2-6,10H,1H2. The van der Waals surface area contributed by atoms with Gasteiger partial charge in [-0.2, -0.15) is 0 Å². The largest absolute Gasteiger partial charge is 0.475 e. The second-order valence-electron chi connectivity index (χ2n) is 2.37. The molecule has 2 heteroatoms. The van der Waals surface area contributed by atoms with E-state index in [1.165, 1.54) is 0 Å². The van der Waals surface area contributed by atoms with Crippen LogP contribution in [0.4, 0.5) is 0 Å². The van der Waals surface area contributed by atoms with Crippen molar-refractivity contribution in [2.75, 3.05) is 0 Å². The third-order valence-electron chi connectivity index (χ3n) is 1.66. The Labute approximate surface area is 64.8 Å². The number of aromatic amines is 1. The van der Waals surface area contributed by atoms with Crippen molar-refractivity contribution in [2.24, 2.45) is 0 Å². The van der Waals surface area contributed by atoms with E-state index in [4.69, 9.17) is 4.74 Å². The predicted molar refractivity (Wildman–Crippen MR) is 44.3 cm³/mol.